The molecule has 1 aromatic rings. The highest BCUT2D eigenvalue weighted by molar-refractivity contribution is 6.06. The van der Waals surface area contributed by atoms with Gasteiger partial charge in [-0.15, -0.1) is 0 Å². The van der Waals surface area contributed by atoms with Gasteiger partial charge in [0.1, 0.15) is 12.6 Å². The Balaban J connectivity index is 1.18. The third kappa shape index (κ3) is 6.45. The number of carbonyl (C=O) groups excluding carboxylic acids is 4. The number of rotatable bonds is 10. The standard InChI is InChI=1S/C25H35N5O5/c26-17-9-12-29(13-10-17)11-2-1-3-14-35-16-23(32)27-20-6-4-5-18-19(20)15-30(25(18)34)21-7-8-22(31)28-24(21)33/h4-6,17,21H,1-3,7-16,26H2,(H,27,32)(H,28,31,33). The first-order valence-corrected chi connectivity index (χ1v) is 12.5. The van der Waals surface area contributed by atoms with Gasteiger partial charge in [-0.3, -0.25) is 24.5 Å². The zero-order valence-corrected chi connectivity index (χ0v) is 20.1. The van der Waals surface area contributed by atoms with Crippen molar-refractivity contribution in [2.45, 2.75) is 63.6 Å². The smallest absolute Gasteiger partial charge is 0.255 e. The molecule has 1 unspecified atom stereocenters. The molecule has 3 aliphatic heterocycles. The van der Waals surface area contributed by atoms with E-state index in [1.54, 1.807) is 18.2 Å². The number of carbonyl (C=O) groups is 4. The molecule has 0 saturated carbocycles. The molecule has 0 radical (unpaired) electrons. The van der Waals surface area contributed by atoms with Gasteiger partial charge in [0.15, 0.2) is 0 Å². The minimum absolute atomic E-state index is 0.0571. The molecule has 0 aromatic heterocycles. The Kier molecular flexibility index (Phi) is 8.48. The van der Waals surface area contributed by atoms with E-state index in [1.807, 2.05) is 0 Å². The van der Waals surface area contributed by atoms with Crippen LogP contribution in [0.4, 0.5) is 5.69 Å². The molecular weight excluding hydrogens is 450 g/mol. The second-order valence-corrected chi connectivity index (χ2v) is 9.57. The number of piperidine rings is 2. The third-order valence-corrected chi connectivity index (χ3v) is 6.98. The Morgan fingerprint density at radius 3 is 2.69 bits per heavy atom. The zero-order chi connectivity index (χ0) is 24.8. The van der Waals surface area contributed by atoms with Gasteiger partial charge in [0.2, 0.25) is 17.7 Å². The zero-order valence-electron chi connectivity index (χ0n) is 20.1. The molecule has 10 nitrogen and oxygen atoms in total. The van der Waals surface area contributed by atoms with Gasteiger partial charge in [-0.2, -0.15) is 0 Å². The van der Waals surface area contributed by atoms with Crippen LogP contribution in [0.3, 0.4) is 0 Å². The number of unbranched alkanes of at least 4 members (excludes halogenated alkanes) is 2. The van der Waals surface area contributed by atoms with E-state index in [-0.39, 0.29) is 37.3 Å². The van der Waals surface area contributed by atoms with E-state index in [1.165, 1.54) is 4.90 Å². The summed E-state index contributed by atoms with van der Waals surface area (Å²) in [7, 11) is 0. The van der Waals surface area contributed by atoms with E-state index in [0.29, 0.717) is 35.9 Å². The molecule has 2 fully saturated rings. The van der Waals surface area contributed by atoms with Crippen LogP contribution in [0.25, 0.3) is 0 Å². The van der Waals surface area contributed by atoms with Gasteiger partial charge >= 0.3 is 0 Å². The largest absolute Gasteiger partial charge is 0.372 e. The van der Waals surface area contributed by atoms with Crippen LogP contribution in [0, 0.1) is 0 Å². The maximum absolute atomic E-state index is 12.9. The summed E-state index contributed by atoms with van der Waals surface area (Å²) in [4.78, 5) is 52.9. The average molecular weight is 486 g/mol. The molecule has 1 atom stereocenters. The van der Waals surface area contributed by atoms with Crippen molar-refractivity contribution in [1.82, 2.24) is 15.1 Å². The summed E-state index contributed by atoms with van der Waals surface area (Å²) in [6.45, 7) is 3.92. The Hall–Kier alpha value is -2.82. The van der Waals surface area contributed by atoms with Crippen molar-refractivity contribution in [3.63, 3.8) is 0 Å². The second-order valence-electron chi connectivity index (χ2n) is 9.57. The predicted molar refractivity (Wildman–Crippen MR) is 129 cm³/mol. The number of likely N-dealkylation sites (tertiary alicyclic amines) is 1. The van der Waals surface area contributed by atoms with Gasteiger partial charge in [0, 0.05) is 42.4 Å². The van der Waals surface area contributed by atoms with Gasteiger partial charge < -0.3 is 25.6 Å². The SMILES string of the molecule is NC1CCN(CCCCCOCC(=O)Nc2cccc3c2CN(C2CCC(=O)NC2=O)C3=O)CC1. The number of ether oxygens (including phenoxy) is 1. The summed E-state index contributed by atoms with van der Waals surface area (Å²) in [5.41, 5.74) is 7.62. The predicted octanol–water partition coefficient (Wildman–Crippen LogP) is 0.996. The number of hydrogen-bond donors (Lipinski definition) is 3. The monoisotopic (exact) mass is 485 g/mol. The van der Waals surface area contributed by atoms with Gasteiger partial charge in [0.05, 0.1) is 0 Å². The van der Waals surface area contributed by atoms with Crippen molar-refractivity contribution in [3.8, 4) is 0 Å². The number of fused-ring (bicyclic) bond motifs is 1. The van der Waals surface area contributed by atoms with Crippen LogP contribution in [-0.4, -0.2) is 78.4 Å². The van der Waals surface area contributed by atoms with Crippen molar-refractivity contribution in [2.75, 3.05) is 38.2 Å². The number of hydrogen-bond acceptors (Lipinski definition) is 7. The molecule has 2 saturated heterocycles. The van der Waals surface area contributed by atoms with Crippen LogP contribution < -0.4 is 16.4 Å². The average Bonchev–Trinajstić information content (AvgIpc) is 3.17. The fourth-order valence-corrected chi connectivity index (χ4v) is 4.95. The summed E-state index contributed by atoms with van der Waals surface area (Å²) in [6, 6.07) is 4.80. The number of nitrogens with zero attached hydrogens (tertiary/aromatic N) is 2. The molecule has 4 amide bonds. The highest BCUT2D eigenvalue weighted by Crippen LogP contribution is 2.32. The lowest BCUT2D eigenvalue weighted by Crippen LogP contribution is -2.52. The Morgan fingerprint density at radius 1 is 1.11 bits per heavy atom. The lowest BCUT2D eigenvalue weighted by atomic mass is 10.0. The fraction of sp³-hybridized carbons (Fsp3) is 0.600. The lowest BCUT2D eigenvalue weighted by molar-refractivity contribution is -0.137. The number of amides is 4. The van der Waals surface area contributed by atoms with Crippen LogP contribution in [0.2, 0.25) is 0 Å². The summed E-state index contributed by atoms with van der Waals surface area (Å²) >= 11 is 0. The Labute approximate surface area is 205 Å². The van der Waals surface area contributed by atoms with Crippen LogP contribution in [0.15, 0.2) is 18.2 Å². The second kappa shape index (κ2) is 11.7. The third-order valence-electron chi connectivity index (χ3n) is 6.98. The van der Waals surface area contributed by atoms with Crippen molar-refractivity contribution < 1.29 is 23.9 Å². The van der Waals surface area contributed by atoms with E-state index in [2.05, 4.69) is 15.5 Å². The maximum atomic E-state index is 12.9. The first-order chi connectivity index (χ1) is 16.9. The van der Waals surface area contributed by atoms with Gasteiger partial charge in [-0.05, 0) is 70.3 Å². The first-order valence-electron chi connectivity index (χ1n) is 12.5. The summed E-state index contributed by atoms with van der Waals surface area (Å²) in [5.74, 6) is -1.33. The van der Waals surface area contributed by atoms with E-state index in [0.717, 1.165) is 51.7 Å². The molecular formula is C25H35N5O5. The molecule has 10 heteroatoms. The van der Waals surface area contributed by atoms with Gasteiger partial charge in [-0.25, -0.2) is 0 Å². The summed E-state index contributed by atoms with van der Waals surface area (Å²) in [6.07, 6.45) is 5.71. The minimum Gasteiger partial charge on any atom is -0.372 e. The lowest BCUT2D eigenvalue weighted by Gasteiger charge is -2.29. The topological polar surface area (TPSA) is 134 Å². The highest BCUT2D eigenvalue weighted by Gasteiger charge is 2.39. The molecule has 1 aromatic carbocycles. The number of imide groups is 1. The van der Waals surface area contributed by atoms with E-state index in [4.69, 9.17) is 10.5 Å². The van der Waals surface area contributed by atoms with Crippen molar-refractivity contribution in [1.29, 1.82) is 0 Å². The number of anilines is 1. The van der Waals surface area contributed by atoms with E-state index in [9.17, 15) is 19.2 Å². The molecule has 190 valence electrons. The normalized spacial score (nSPS) is 21.2. The Bertz CT molecular complexity index is 960. The van der Waals surface area contributed by atoms with E-state index >= 15 is 0 Å². The van der Waals surface area contributed by atoms with Crippen LogP contribution in [-0.2, 0) is 25.7 Å². The molecule has 0 spiro atoms. The van der Waals surface area contributed by atoms with Crippen molar-refractivity contribution in [3.05, 3.63) is 29.3 Å². The maximum Gasteiger partial charge on any atom is 0.255 e. The van der Waals surface area contributed by atoms with Crippen molar-refractivity contribution >= 4 is 29.3 Å². The summed E-state index contributed by atoms with van der Waals surface area (Å²) in [5, 5.41) is 5.13. The Morgan fingerprint density at radius 2 is 1.91 bits per heavy atom. The first kappa shape index (κ1) is 25.3. The molecule has 4 N–H and O–H groups in total. The van der Waals surface area contributed by atoms with Crippen molar-refractivity contribution in [2.24, 2.45) is 5.73 Å². The van der Waals surface area contributed by atoms with Gasteiger partial charge in [0.25, 0.3) is 5.91 Å². The number of nitrogens with two attached hydrogens (primary N) is 1. The minimum atomic E-state index is -0.688. The van der Waals surface area contributed by atoms with Gasteiger partial charge in [-0.1, -0.05) is 6.07 Å². The molecule has 35 heavy (non-hydrogen) atoms. The van der Waals surface area contributed by atoms with E-state index < -0.39 is 11.9 Å². The highest BCUT2D eigenvalue weighted by atomic mass is 16.5. The molecule has 3 heterocycles. The van der Waals surface area contributed by atoms with Crippen LogP contribution in [0.5, 0.6) is 0 Å². The molecule has 3 aliphatic rings. The number of benzene rings is 1. The molecule has 0 bridgehead atoms. The number of nitrogens with one attached hydrogen (secondary N) is 2. The summed E-state index contributed by atoms with van der Waals surface area (Å²) < 4.78 is 5.55. The van der Waals surface area contributed by atoms with Crippen LogP contribution >= 0.6 is 0 Å². The quantitative estimate of drug-likeness (QED) is 0.332. The molecule has 0 aliphatic carbocycles. The fourth-order valence-electron chi connectivity index (χ4n) is 4.95. The van der Waals surface area contributed by atoms with Crippen LogP contribution in [0.1, 0.15) is 60.9 Å². The molecule has 4 rings (SSSR count).